The van der Waals surface area contributed by atoms with Gasteiger partial charge in [-0.05, 0) is 69.4 Å². The molecule has 0 aliphatic heterocycles. The highest BCUT2D eigenvalue weighted by Gasteiger charge is 2.17. The average Bonchev–Trinajstić information content (AvgIpc) is 3.59. The maximum Gasteiger partial charge on any atom is 0.161 e. The lowest BCUT2D eigenvalue weighted by Crippen LogP contribution is -2.27. The van der Waals surface area contributed by atoms with Crippen LogP contribution >= 0.6 is 0 Å². The van der Waals surface area contributed by atoms with Gasteiger partial charge in [-0.3, -0.25) is 4.99 Å². The minimum Gasteiger partial charge on any atom is -0.455 e. The summed E-state index contributed by atoms with van der Waals surface area (Å²) in [6.07, 6.45) is 5.76. The van der Waals surface area contributed by atoms with Crippen LogP contribution in [0.3, 0.4) is 0 Å². The maximum absolute atomic E-state index is 6.71. The van der Waals surface area contributed by atoms with Gasteiger partial charge in [0.05, 0.1) is 6.54 Å². The molecule has 0 saturated carbocycles. The van der Waals surface area contributed by atoms with Gasteiger partial charge in [0.25, 0.3) is 0 Å². The molecule has 52 heavy (non-hydrogen) atoms. The van der Waals surface area contributed by atoms with Gasteiger partial charge in [-0.25, -0.2) is 9.98 Å². The molecule has 1 aliphatic carbocycles. The number of rotatable bonds is 6. The second-order valence-electron chi connectivity index (χ2n) is 13.2. The zero-order valence-electron chi connectivity index (χ0n) is 28.6. The van der Waals surface area contributed by atoms with Gasteiger partial charge in [0.1, 0.15) is 11.2 Å². The Hall–Kier alpha value is -6.65. The standard InChI is InChI=1S/C48H35N3O/c1-49-47(36-15-6-3-7-16-36)51-48(50-31-32-12-4-2-5-13-32)39-26-27-41-44-30-43(40-18-10-11-19-42(40)46(44)52-45(41)29-39)35-23-20-34(21-24-35)38-25-22-33-14-8-9-17-37(33)28-38/h2-24,26-30,38H,1,25,31H2. The van der Waals surface area contributed by atoms with E-state index in [0.717, 1.165) is 55.8 Å². The van der Waals surface area contributed by atoms with E-state index in [0.29, 0.717) is 24.1 Å². The Morgan fingerprint density at radius 1 is 0.615 bits per heavy atom. The summed E-state index contributed by atoms with van der Waals surface area (Å²) in [5, 5.41) is 7.00. The van der Waals surface area contributed by atoms with Crippen molar-refractivity contribution in [2.45, 2.75) is 18.9 Å². The van der Waals surface area contributed by atoms with E-state index in [4.69, 9.17) is 14.4 Å². The van der Waals surface area contributed by atoms with Crippen molar-refractivity contribution in [1.82, 2.24) is 0 Å². The average molecular weight is 670 g/mol. The van der Waals surface area contributed by atoms with Gasteiger partial charge in [0.2, 0.25) is 0 Å². The molecule has 0 saturated heterocycles. The van der Waals surface area contributed by atoms with Gasteiger partial charge in [-0.2, -0.15) is 0 Å². The molecule has 248 valence electrons. The summed E-state index contributed by atoms with van der Waals surface area (Å²) in [5.41, 5.74) is 8.17. The molecule has 0 bridgehead atoms. The monoisotopic (exact) mass is 669 g/mol. The Kier molecular flexibility index (Phi) is 8.18. The van der Waals surface area contributed by atoms with Crippen LogP contribution in [0, 0.1) is 0 Å². The Balaban J connectivity index is 1.13. The largest absolute Gasteiger partial charge is 0.455 e. The van der Waals surface area contributed by atoms with Crippen LogP contribution in [0.5, 0.6) is 0 Å². The Bertz CT molecular complexity index is 2790. The Morgan fingerprint density at radius 3 is 2.12 bits per heavy atom. The van der Waals surface area contributed by atoms with Crippen LogP contribution in [0.4, 0.5) is 0 Å². The van der Waals surface area contributed by atoms with Crippen LogP contribution < -0.4 is 10.4 Å². The number of hydrogen-bond donors (Lipinski definition) is 0. The van der Waals surface area contributed by atoms with E-state index in [9.17, 15) is 0 Å². The second kappa shape index (κ2) is 13.6. The first kappa shape index (κ1) is 31.3. The third-order valence-electron chi connectivity index (χ3n) is 10.0. The summed E-state index contributed by atoms with van der Waals surface area (Å²) in [6, 6.07) is 54.9. The fourth-order valence-corrected chi connectivity index (χ4v) is 7.32. The van der Waals surface area contributed by atoms with Crippen LogP contribution in [0.25, 0.3) is 56.0 Å². The van der Waals surface area contributed by atoms with Gasteiger partial charge in [-0.15, -0.1) is 0 Å². The molecule has 9 rings (SSSR count). The van der Waals surface area contributed by atoms with Crippen molar-refractivity contribution in [2.24, 2.45) is 15.0 Å². The van der Waals surface area contributed by atoms with Crippen LogP contribution in [0.1, 0.15) is 34.6 Å². The quantitative estimate of drug-likeness (QED) is 0.128. The molecule has 0 spiro atoms. The SMILES string of the molecule is C=NC(=NC(=NCc1ccccc1)c1ccc2c(c1)oc1c3ccccc3c(-c3ccc(C4C=c5ccccc5=CC4)cc3)cc21)c1ccccc1. The summed E-state index contributed by atoms with van der Waals surface area (Å²) >= 11 is 0. The summed E-state index contributed by atoms with van der Waals surface area (Å²) in [6.45, 7) is 4.30. The predicted molar refractivity (Wildman–Crippen MR) is 218 cm³/mol. The highest BCUT2D eigenvalue weighted by atomic mass is 16.3. The van der Waals surface area contributed by atoms with E-state index >= 15 is 0 Å². The molecule has 1 atom stereocenters. The van der Waals surface area contributed by atoms with Gasteiger partial charge in [0.15, 0.2) is 11.7 Å². The Labute approximate surface area is 302 Å². The minimum absolute atomic E-state index is 0.367. The fraction of sp³-hybridized carbons (Fsp3) is 0.0625. The zero-order valence-corrected chi connectivity index (χ0v) is 28.6. The van der Waals surface area contributed by atoms with Crippen LogP contribution in [0.15, 0.2) is 177 Å². The number of amidine groups is 2. The Morgan fingerprint density at radius 2 is 1.33 bits per heavy atom. The lowest BCUT2D eigenvalue weighted by molar-refractivity contribution is 0.672. The fourth-order valence-electron chi connectivity index (χ4n) is 7.32. The summed E-state index contributed by atoms with van der Waals surface area (Å²) in [4.78, 5) is 14.2. The molecule has 1 unspecified atom stereocenters. The van der Waals surface area contributed by atoms with E-state index in [1.165, 1.54) is 27.1 Å². The number of benzene rings is 7. The lowest BCUT2D eigenvalue weighted by atomic mass is 9.89. The van der Waals surface area contributed by atoms with Crippen molar-refractivity contribution in [3.63, 3.8) is 0 Å². The molecule has 0 fully saturated rings. The first-order valence-corrected chi connectivity index (χ1v) is 17.7. The van der Waals surface area contributed by atoms with Crippen molar-refractivity contribution in [3.8, 4) is 11.1 Å². The summed E-state index contributed by atoms with van der Waals surface area (Å²) < 4.78 is 6.71. The van der Waals surface area contributed by atoms with Crippen LogP contribution in [-0.4, -0.2) is 18.4 Å². The highest BCUT2D eigenvalue weighted by molar-refractivity contribution is 6.20. The minimum atomic E-state index is 0.367. The topological polar surface area (TPSA) is 50.2 Å². The normalized spacial score (nSPS) is 14.6. The van der Waals surface area contributed by atoms with Gasteiger partial charge >= 0.3 is 0 Å². The molecule has 0 amide bonds. The number of aliphatic imine (C=N–C) groups is 3. The van der Waals surface area contributed by atoms with Crippen LogP contribution in [0.2, 0.25) is 0 Å². The molecular formula is C48H35N3O. The maximum atomic E-state index is 6.71. The molecule has 8 aromatic rings. The van der Waals surface area contributed by atoms with Crippen molar-refractivity contribution in [3.05, 3.63) is 190 Å². The third kappa shape index (κ3) is 5.95. The molecule has 1 aliphatic rings. The molecule has 0 radical (unpaired) electrons. The van der Waals surface area contributed by atoms with Crippen molar-refractivity contribution < 1.29 is 4.42 Å². The van der Waals surface area contributed by atoms with Crippen LogP contribution in [-0.2, 0) is 6.54 Å². The van der Waals surface area contributed by atoms with Crippen molar-refractivity contribution in [1.29, 1.82) is 0 Å². The first-order chi connectivity index (χ1) is 25.7. The van der Waals surface area contributed by atoms with Gasteiger partial charge in [0, 0.05) is 33.2 Å². The third-order valence-corrected chi connectivity index (χ3v) is 10.0. The zero-order chi connectivity index (χ0) is 34.9. The summed E-state index contributed by atoms with van der Waals surface area (Å²) in [5.74, 6) is 1.45. The molecule has 0 N–H and O–H groups in total. The van der Waals surface area contributed by atoms with Gasteiger partial charge in [-0.1, -0.05) is 152 Å². The molecule has 4 heteroatoms. The number of furan rings is 1. The number of hydrogen-bond acceptors (Lipinski definition) is 2. The molecule has 1 aromatic heterocycles. The predicted octanol–water partition coefficient (Wildman–Crippen LogP) is 10.2. The second-order valence-corrected chi connectivity index (χ2v) is 13.2. The first-order valence-electron chi connectivity index (χ1n) is 17.7. The van der Waals surface area contributed by atoms with Crippen molar-refractivity contribution in [2.75, 3.05) is 0 Å². The molecule has 1 heterocycles. The van der Waals surface area contributed by atoms with E-state index in [1.807, 2.05) is 54.6 Å². The summed E-state index contributed by atoms with van der Waals surface area (Å²) in [7, 11) is 0. The van der Waals surface area contributed by atoms with Gasteiger partial charge < -0.3 is 4.42 Å². The molecule has 7 aromatic carbocycles. The molecule has 4 nitrogen and oxygen atoms in total. The van der Waals surface area contributed by atoms with Crippen molar-refractivity contribution >= 4 is 63.3 Å². The molecular weight excluding hydrogens is 635 g/mol. The van der Waals surface area contributed by atoms with E-state index in [1.54, 1.807) is 0 Å². The van der Waals surface area contributed by atoms with E-state index in [-0.39, 0.29) is 0 Å². The highest BCUT2D eigenvalue weighted by Crippen LogP contribution is 2.40. The lowest BCUT2D eigenvalue weighted by Gasteiger charge is -2.16. The van der Waals surface area contributed by atoms with E-state index in [2.05, 4.69) is 127 Å². The van der Waals surface area contributed by atoms with E-state index < -0.39 is 0 Å². The number of fused-ring (bicyclic) bond motifs is 6. The smallest absolute Gasteiger partial charge is 0.161 e. The number of nitrogens with zero attached hydrogens (tertiary/aromatic N) is 3.